The number of nitrogens with one attached hydrogen (secondary N) is 2. The van der Waals surface area contributed by atoms with Gasteiger partial charge in [0.2, 0.25) is 0 Å². The van der Waals surface area contributed by atoms with Crippen LogP contribution in [-0.2, 0) is 9.53 Å². The molecule has 7 nitrogen and oxygen atoms in total. The highest BCUT2D eigenvalue weighted by molar-refractivity contribution is 5.85. The lowest BCUT2D eigenvalue weighted by molar-refractivity contribution is -0.134. The van der Waals surface area contributed by atoms with E-state index in [-0.39, 0.29) is 5.84 Å². The van der Waals surface area contributed by atoms with Crippen LogP contribution in [0.3, 0.4) is 0 Å². The fourth-order valence-electron chi connectivity index (χ4n) is 0.562. The van der Waals surface area contributed by atoms with Crippen LogP contribution in [0.1, 0.15) is 34.6 Å². The van der Waals surface area contributed by atoms with Gasteiger partial charge in [0.1, 0.15) is 11.4 Å². The maximum Gasteiger partial charge on any atom is 0.408 e. The summed E-state index contributed by atoms with van der Waals surface area (Å²) in [5, 5.41) is 16.9. The van der Waals surface area contributed by atoms with E-state index in [1.165, 1.54) is 0 Å². The molecule has 0 aliphatic rings. The summed E-state index contributed by atoms with van der Waals surface area (Å²) in [6.07, 6.45) is -0.560. The van der Waals surface area contributed by atoms with Crippen LogP contribution in [0.5, 0.6) is 0 Å². The van der Waals surface area contributed by atoms with Gasteiger partial charge in [-0.1, -0.05) is 0 Å². The Morgan fingerprint density at radius 1 is 1.41 bits per heavy atom. The van der Waals surface area contributed by atoms with Crippen LogP contribution in [0.15, 0.2) is 0 Å². The summed E-state index contributed by atoms with van der Waals surface area (Å²) in [6.45, 7) is 8.01. The van der Waals surface area contributed by atoms with Gasteiger partial charge in [0.05, 0.1) is 6.04 Å². The molecule has 0 aliphatic carbocycles. The van der Waals surface area contributed by atoms with Gasteiger partial charge in [-0.05, 0) is 27.7 Å². The number of rotatable bonds is 2. The van der Waals surface area contributed by atoms with Crippen molar-refractivity contribution < 1.29 is 19.4 Å². The standard InChI is InChI=1S/C8H17N3O2.C2H4O2/c1-5(6(9)10)11-7(12)13-8(2,3)4;1-2(3)4/h5H,1-4H3,(H3,9,10)(H,11,12);1H3,(H,3,4)/t5-;/m0./s1. The van der Waals surface area contributed by atoms with Gasteiger partial charge in [-0.2, -0.15) is 0 Å². The number of hydrogen-bond donors (Lipinski definition) is 4. The molecule has 7 heteroatoms. The number of ether oxygens (including phenoxy) is 1. The minimum atomic E-state index is -0.833. The fraction of sp³-hybridized carbons (Fsp3) is 0.700. The summed E-state index contributed by atoms with van der Waals surface area (Å²) in [6, 6.07) is -0.491. The van der Waals surface area contributed by atoms with Gasteiger partial charge in [-0.15, -0.1) is 0 Å². The number of aliphatic carboxylic acids is 1. The second-order valence-electron chi connectivity index (χ2n) is 4.34. The van der Waals surface area contributed by atoms with Crippen LogP contribution >= 0.6 is 0 Å². The monoisotopic (exact) mass is 247 g/mol. The van der Waals surface area contributed by atoms with Gasteiger partial charge >= 0.3 is 6.09 Å². The van der Waals surface area contributed by atoms with E-state index in [1.807, 2.05) is 0 Å². The van der Waals surface area contributed by atoms with Gasteiger partial charge in [0.15, 0.2) is 0 Å². The van der Waals surface area contributed by atoms with Gasteiger partial charge in [-0.25, -0.2) is 4.79 Å². The van der Waals surface area contributed by atoms with E-state index >= 15 is 0 Å². The number of alkyl carbamates (subject to hydrolysis) is 1. The smallest absolute Gasteiger partial charge is 0.408 e. The molecule has 0 saturated carbocycles. The molecule has 100 valence electrons. The van der Waals surface area contributed by atoms with E-state index in [0.717, 1.165) is 6.92 Å². The van der Waals surface area contributed by atoms with Gasteiger partial charge < -0.3 is 20.9 Å². The first-order valence-electron chi connectivity index (χ1n) is 4.98. The molecule has 0 spiro atoms. The molecular formula is C10H21N3O4. The Morgan fingerprint density at radius 2 is 1.76 bits per heavy atom. The van der Waals surface area contributed by atoms with Crippen molar-refractivity contribution in [2.75, 3.05) is 0 Å². The number of carbonyl (C=O) groups excluding carboxylic acids is 1. The first-order valence-corrected chi connectivity index (χ1v) is 4.98. The third-order valence-corrected chi connectivity index (χ3v) is 1.20. The van der Waals surface area contributed by atoms with Crippen molar-refractivity contribution in [1.29, 1.82) is 5.41 Å². The van der Waals surface area contributed by atoms with Crippen LogP contribution < -0.4 is 11.1 Å². The Kier molecular flexibility index (Phi) is 7.74. The molecule has 0 aliphatic heterocycles. The van der Waals surface area contributed by atoms with E-state index in [0.29, 0.717) is 0 Å². The Labute approximate surface area is 101 Å². The number of carboxylic acid groups (broad SMARTS) is 1. The number of nitrogens with two attached hydrogens (primary N) is 1. The molecule has 0 bridgehead atoms. The van der Waals surface area contributed by atoms with Crippen molar-refractivity contribution >= 4 is 17.9 Å². The topological polar surface area (TPSA) is 126 Å². The first kappa shape index (κ1) is 17.6. The van der Waals surface area contributed by atoms with Crippen LogP contribution in [0.4, 0.5) is 4.79 Å². The predicted molar refractivity (Wildman–Crippen MR) is 64.1 cm³/mol. The van der Waals surface area contributed by atoms with E-state index in [9.17, 15) is 4.79 Å². The largest absolute Gasteiger partial charge is 0.481 e. The molecule has 0 aromatic carbocycles. The summed E-state index contributed by atoms with van der Waals surface area (Å²) in [4.78, 5) is 20.1. The highest BCUT2D eigenvalue weighted by Gasteiger charge is 2.18. The molecule has 0 unspecified atom stereocenters. The normalized spacial score (nSPS) is 11.6. The third-order valence-electron chi connectivity index (χ3n) is 1.20. The molecule has 0 heterocycles. The van der Waals surface area contributed by atoms with Crippen molar-refractivity contribution in [1.82, 2.24) is 5.32 Å². The maximum absolute atomic E-state index is 11.1. The minimum absolute atomic E-state index is 0.0918. The van der Waals surface area contributed by atoms with Crippen LogP contribution in [0, 0.1) is 5.41 Å². The summed E-state index contributed by atoms with van der Waals surface area (Å²) < 4.78 is 4.96. The van der Waals surface area contributed by atoms with E-state index in [1.54, 1.807) is 27.7 Å². The third kappa shape index (κ3) is 16.9. The lowest BCUT2D eigenvalue weighted by Crippen LogP contribution is -2.44. The van der Waals surface area contributed by atoms with Crippen molar-refractivity contribution in [3.8, 4) is 0 Å². The zero-order chi connectivity index (χ0) is 14.2. The maximum atomic E-state index is 11.1. The molecule has 0 aromatic heterocycles. The van der Waals surface area contributed by atoms with Crippen LogP contribution in [-0.4, -0.2) is 34.6 Å². The first-order chi connectivity index (χ1) is 7.45. The Balaban J connectivity index is 0. The quantitative estimate of drug-likeness (QED) is 0.426. The second-order valence-corrected chi connectivity index (χ2v) is 4.34. The van der Waals surface area contributed by atoms with E-state index in [4.69, 9.17) is 25.8 Å². The van der Waals surface area contributed by atoms with Gasteiger partial charge in [0, 0.05) is 6.92 Å². The fourth-order valence-corrected chi connectivity index (χ4v) is 0.562. The highest BCUT2D eigenvalue weighted by Crippen LogP contribution is 2.06. The summed E-state index contributed by atoms with van der Waals surface area (Å²) in [5.74, 6) is -0.925. The molecule has 0 rings (SSSR count). The van der Waals surface area contributed by atoms with Crippen molar-refractivity contribution in [2.24, 2.45) is 5.73 Å². The summed E-state index contributed by atoms with van der Waals surface area (Å²) in [7, 11) is 0. The Hall–Kier alpha value is -1.79. The average Bonchev–Trinajstić information content (AvgIpc) is 1.97. The van der Waals surface area contributed by atoms with Crippen LogP contribution in [0.25, 0.3) is 0 Å². The SMILES string of the molecule is CC(=O)O.C[C@H](NC(=O)OC(C)(C)C)C(=N)N. The van der Waals surface area contributed by atoms with Crippen LogP contribution in [0.2, 0.25) is 0 Å². The number of amides is 1. The molecule has 0 fully saturated rings. The molecule has 5 N–H and O–H groups in total. The Morgan fingerprint density at radius 3 is 2.00 bits per heavy atom. The van der Waals surface area contributed by atoms with Crippen molar-refractivity contribution in [3.05, 3.63) is 0 Å². The van der Waals surface area contributed by atoms with Gasteiger partial charge in [-0.3, -0.25) is 10.2 Å². The average molecular weight is 247 g/mol. The molecule has 0 aromatic rings. The lowest BCUT2D eigenvalue weighted by atomic mass is 10.2. The zero-order valence-corrected chi connectivity index (χ0v) is 10.8. The zero-order valence-electron chi connectivity index (χ0n) is 10.8. The van der Waals surface area contributed by atoms with E-state index in [2.05, 4.69) is 5.32 Å². The minimum Gasteiger partial charge on any atom is -0.481 e. The molecule has 1 atom stereocenters. The molecular weight excluding hydrogens is 226 g/mol. The molecule has 0 radical (unpaired) electrons. The van der Waals surface area contributed by atoms with Crippen molar-refractivity contribution in [2.45, 2.75) is 46.3 Å². The number of carboxylic acids is 1. The summed E-state index contributed by atoms with van der Waals surface area (Å²) >= 11 is 0. The van der Waals surface area contributed by atoms with Gasteiger partial charge in [0.25, 0.3) is 5.97 Å². The Bertz CT molecular complexity index is 280. The number of carbonyl (C=O) groups is 2. The molecule has 0 saturated heterocycles. The second kappa shape index (κ2) is 7.48. The predicted octanol–water partition coefficient (Wildman–Crippen LogP) is 0.926. The van der Waals surface area contributed by atoms with Crippen molar-refractivity contribution in [3.63, 3.8) is 0 Å². The number of amidine groups is 1. The summed E-state index contributed by atoms with van der Waals surface area (Å²) in [5.41, 5.74) is 4.63. The highest BCUT2D eigenvalue weighted by atomic mass is 16.6. The molecule has 1 amide bonds. The molecule has 17 heavy (non-hydrogen) atoms. The lowest BCUT2D eigenvalue weighted by Gasteiger charge is -2.21. The number of hydrogen-bond acceptors (Lipinski definition) is 4. The van der Waals surface area contributed by atoms with E-state index < -0.39 is 23.7 Å².